The van der Waals surface area contributed by atoms with Gasteiger partial charge in [-0.2, -0.15) is 0 Å². The van der Waals surface area contributed by atoms with Crippen LogP contribution in [0.15, 0.2) is 48.6 Å². The molecule has 1 aliphatic heterocycles. The highest BCUT2D eigenvalue weighted by atomic mass is 16.7. The first-order valence-corrected chi connectivity index (χ1v) is 28.6. The SMILES string of the molecule is CC/C=C\C/C=C\C/C=C\CCCCCC(=O)OC1C(OCC(COC(=O)CCCCCCCCCCCCCCCCC)OC(=O)CCCCCCC/C=C\CCCCCC)OC(C(=O)O)C(O)C1O. The van der Waals surface area contributed by atoms with Crippen molar-refractivity contribution in [3.63, 3.8) is 0 Å². The van der Waals surface area contributed by atoms with Gasteiger partial charge in [-0.1, -0.05) is 204 Å². The van der Waals surface area contributed by atoms with Crippen LogP contribution >= 0.6 is 0 Å². The number of aliphatic carboxylic acids is 1. The minimum atomic E-state index is -1.91. The van der Waals surface area contributed by atoms with Gasteiger partial charge in [-0.15, -0.1) is 0 Å². The second kappa shape index (κ2) is 47.7. The van der Waals surface area contributed by atoms with Crippen LogP contribution < -0.4 is 0 Å². The number of esters is 3. The summed E-state index contributed by atoms with van der Waals surface area (Å²) in [5.74, 6) is -3.15. The molecule has 3 N–H and O–H groups in total. The lowest BCUT2D eigenvalue weighted by Crippen LogP contribution is -2.61. The molecular weight excluding hydrogens is 901 g/mol. The number of carbonyl (C=O) groups is 4. The number of hydrogen-bond acceptors (Lipinski definition) is 11. The molecule has 0 aromatic rings. The van der Waals surface area contributed by atoms with Crippen LogP contribution in [-0.4, -0.2) is 89.2 Å². The monoisotopic (exact) mass is 1000 g/mol. The zero-order valence-corrected chi connectivity index (χ0v) is 45.0. The topological polar surface area (TPSA) is 175 Å². The molecule has 1 heterocycles. The summed E-state index contributed by atoms with van der Waals surface area (Å²) in [7, 11) is 0. The molecule has 1 aliphatic rings. The Bertz CT molecular complexity index is 1420. The minimum absolute atomic E-state index is 0.0257. The summed E-state index contributed by atoms with van der Waals surface area (Å²) in [6.45, 7) is 5.84. The van der Waals surface area contributed by atoms with Crippen molar-refractivity contribution >= 4 is 23.9 Å². The van der Waals surface area contributed by atoms with Crippen LogP contribution in [0, 0.1) is 0 Å². The fraction of sp³-hybridized carbons (Fsp3) is 0.797. The highest BCUT2D eigenvalue weighted by Gasteiger charge is 2.50. The van der Waals surface area contributed by atoms with E-state index in [9.17, 15) is 34.5 Å². The number of hydrogen-bond donors (Lipinski definition) is 3. The van der Waals surface area contributed by atoms with Crippen LogP contribution in [0.4, 0.5) is 0 Å². The van der Waals surface area contributed by atoms with Crippen molar-refractivity contribution < 1.29 is 58.2 Å². The maximum Gasteiger partial charge on any atom is 0.335 e. The fourth-order valence-corrected chi connectivity index (χ4v) is 8.49. The molecule has 1 fully saturated rings. The lowest BCUT2D eigenvalue weighted by atomic mass is 9.98. The Labute approximate surface area is 431 Å². The van der Waals surface area contributed by atoms with Crippen LogP contribution in [-0.2, 0) is 42.9 Å². The van der Waals surface area contributed by atoms with Crippen LogP contribution in [0.1, 0.15) is 252 Å². The first-order valence-electron chi connectivity index (χ1n) is 28.6. The average molecular weight is 1000 g/mol. The van der Waals surface area contributed by atoms with E-state index >= 15 is 0 Å². The molecular formula is C59H102O12. The van der Waals surface area contributed by atoms with E-state index in [1.807, 2.05) is 0 Å². The Morgan fingerprint density at radius 3 is 1.39 bits per heavy atom. The van der Waals surface area contributed by atoms with Crippen molar-refractivity contribution in [2.24, 2.45) is 0 Å². The second-order valence-electron chi connectivity index (χ2n) is 19.5. The lowest BCUT2D eigenvalue weighted by Gasteiger charge is -2.40. The molecule has 0 aliphatic carbocycles. The largest absolute Gasteiger partial charge is 0.479 e. The van der Waals surface area contributed by atoms with E-state index in [-0.39, 0.29) is 25.9 Å². The molecule has 6 atom stereocenters. The molecule has 0 bridgehead atoms. The minimum Gasteiger partial charge on any atom is -0.479 e. The van der Waals surface area contributed by atoms with Gasteiger partial charge >= 0.3 is 23.9 Å². The zero-order valence-electron chi connectivity index (χ0n) is 45.0. The quantitative estimate of drug-likeness (QED) is 0.0228. The first kappa shape index (κ1) is 65.7. The molecule has 6 unspecified atom stereocenters. The first-order chi connectivity index (χ1) is 34.6. The average Bonchev–Trinajstić information content (AvgIpc) is 3.35. The normalized spacial score (nSPS) is 18.8. The van der Waals surface area contributed by atoms with Crippen molar-refractivity contribution in [1.82, 2.24) is 0 Å². The van der Waals surface area contributed by atoms with Gasteiger partial charge in [0.1, 0.15) is 18.8 Å². The third-order valence-corrected chi connectivity index (χ3v) is 12.9. The standard InChI is InChI=1S/C59H102O12/c1-4-7-10-13-16-19-22-25-26-29-30-33-36-39-42-45-51(60)67-48-50(69-52(61)46-43-40-37-34-31-27-23-20-17-14-11-8-5-2)49-68-59-57(55(64)54(63)56(71-59)58(65)66)70-53(62)47-44-41-38-35-32-28-24-21-18-15-12-9-6-3/h9,12,18,20-21,23,28,32,50,54-57,59,63-64H,4-8,10-11,13-17,19,22,24-27,29-31,33-49H2,1-3H3,(H,65,66)/b12-9-,21-18-,23-20-,32-28-. The number of rotatable bonds is 48. The van der Waals surface area contributed by atoms with Crippen LogP contribution in [0.3, 0.4) is 0 Å². The van der Waals surface area contributed by atoms with Crippen molar-refractivity contribution in [2.45, 2.75) is 289 Å². The van der Waals surface area contributed by atoms with Crippen LogP contribution in [0.2, 0.25) is 0 Å². The number of carboxylic acid groups (broad SMARTS) is 1. The summed E-state index contributed by atoms with van der Waals surface area (Å²) in [5.41, 5.74) is 0. The van der Waals surface area contributed by atoms with Crippen molar-refractivity contribution in [1.29, 1.82) is 0 Å². The predicted octanol–water partition coefficient (Wildman–Crippen LogP) is 14.2. The van der Waals surface area contributed by atoms with Crippen LogP contribution in [0.5, 0.6) is 0 Å². The number of allylic oxidation sites excluding steroid dienone is 8. The molecule has 1 rings (SSSR count). The summed E-state index contributed by atoms with van der Waals surface area (Å²) in [6.07, 6.45) is 43.8. The van der Waals surface area contributed by atoms with E-state index in [0.29, 0.717) is 19.3 Å². The highest BCUT2D eigenvalue weighted by molar-refractivity contribution is 5.74. The maximum atomic E-state index is 13.1. The summed E-state index contributed by atoms with van der Waals surface area (Å²) >= 11 is 0. The van der Waals surface area contributed by atoms with Gasteiger partial charge in [-0.25, -0.2) is 4.79 Å². The number of aliphatic hydroxyl groups excluding tert-OH is 2. The van der Waals surface area contributed by atoms with Gasteiger partial charge in [0.2, 0.25) is 0 Å². The molecule has 0 spiro atoms. The summed E-state index contributed by atoms with van der Waals surface area (Å²) in [6, 6.07) is 0. The Kier molecular flexibility index (Phi) is 44.1. The van der Waals surface area contributed by atoms with E-state index in [1.165, 1.54) is 96.3 Å². The summed E-state index contributed by atoms with van der Waals surface area (Å²) in [4.78, 5) is 51.0. The Hall–Kier alpha value is -3.32. The summed E-state index contributed by atoms with van der Waals surface area (Å²) in [5, 5.41) is 31.4. The smallest absolute Gasteiger partial charge is 0.335 e. The van der Waals surface area contributed by atoms with Gasteiger partial charge in [0.15, 0.2) is 24.6 Å². The van der Waals surface area contributed by atoms with E-state index in [4.69, 9.17) is 23.7 Å². The molecule has 1 saturated heterocycles. The third kappa shape index (κ3) is 38.0. The Balaban J connectivity index is 2.72. The van der Waals surface area contributed by atoms with Gasteiger partial charge in [0, 0.05) is 19.3 Å². The molecule has 12 nitrogen and oxygen atoms in total. The van der Waals surface area contributed by atoms with E-state index < -0.39 is 67.3 Å². The fourth-order valence-electron chi connectivity index (χ4n) is 8.49. The maximum absolute atomic E-state index is 13.1. The van der Waals surface area contributed by atoms with E-state index in [0.717, 1.165) is 96.3 Å². The number of carbonyl (C=O) groups excluding carboxylic acids is 3. The predicted molar refractivity (Wildman–Crippen MR) is 285 cm³/mol. The number of unbranched alkanes of at least 4 members (excludes halogenated alkanes) is 26. The molecule has 71 heavy (non-hydrogen) atoms. The summed E-state index contributed by atoms with van der Waals surface area (Å²) < 4.78 is 28.3. The number of ether oxygens (including phenoxy) is 5. The van der Waals surface area contributed by atoms with Crippen molar-refractivity contribution in [3.8, 4) is 0 Å². The van der Waals surface area contributed by atoms with Gasteiger partial charge in [-0.3, -0.25) is 14.4 Å². The number of carboxylic acids is 1. The lowest BCUT2D eigenvalue weighted by molar-refractivity contribution is -0.301. The zero-order chi connectivity index (χ0) is 51.8. The third-order valence-electron chi connectivity index (χ3n) is 12.9. The second-order valence-corrected chi connectivity index (χ2v) is 19.5. The van der Waals surface area contributed by atoms with Crippen LogP contribution in [0.25, 0.3) is 0 Å². The van der Waals surface area contributed by atoms with E-state index in [1.54, 1.807) is 0 Å². The molecule has 0 radical (unpaired) electrons. The Morgan fingerprint density at radius 1 is 0.479 bits per heavy atom. The molecule has 0 aromatic heterocycles. The number of aliphatic hydroxyl groups is 2. The highest BCUT2D eigenvalue weighted by Crippen LogP contribution is 2.26. The Morgan fingerprint density at radius 2 is 0.887 bits per heavy atom. The molecule has 0 amide bonds. The van der Waals surface area contributed by atoms with Gasteiger partial charge < -0.3 is 39.0 Å². The van der Waals surface area contributed by atoms with Gasteiger partial charge in [-0.05, 0) is 77.0 Å². The van der Waals surface area contributed by atoms with Gasteiger partial charge in [0.25, 0.3) is 0 Å². The molecule has 0 saturated carbocycles. The van der Waals surface area contributed by atoms with Crippen molar-refractivity contribution in [2.75, 3.05) is 13.2 Å². The van der Waals surface area contributed by atoms with E-state index in [2.05, 4.69) is 69.4 Å². The molecule has 410 valence electrons. The van der Waals surface area contributed by atoms with Crippen molar-refractivity contribution in [3.05, 3.63) is 48.6 Å². The van der Waals surface area contributed by atoms with Gasteiger partial charge in [0.05, 0.1) is 6.61 Å². The molecule has 0 aromatic carbocycles. The molecule has 12 heteroatoms.